The molecule has 12 aliphatic rings. The topological polar surface area (TPSA) is 0 Å². The van der Waals surface area contributed by atoms with Gasteiger partial charge in [-0.05, 0) is 240 Å². The molecule has 0 nitrogen and oxygen atoms in total. The summed E-state index contributed by atoms with van der Waals surface area (Å²) in [6, 6.07) is 19.9. The number of allylic oxidation sites excluding steroid dienone is 8. The van der Waals surface area contributed by atoms with E-state index >= 15 is 0 Å². The van der Waals surface area contributed by atoms with Crippen LogP contribution in [0.2, 0.25) is 24.2 Å². The van der Waals surface area contributed by atoms with Crippen LogP contribution in [0, 0.1) is 81.8 Å². The van der Waals surface area contributed by atoms with Gasteiger partial charge in [0.05, 0.1) is 8.07 Å². The predicted octanol–water partition coefficient (Wildman–Crippen LogP) is 17.1. The highest BCUT2D eigenvalue weighted by atomic mass is 28.3. The van der Waals surface area contributed by atoms with E-state index in [2.05, 4.69) is 140 Å². The number of hydrogen-bond acceptors (Lipinski definition) is 0. The quantitative estimate of drug-likeness (QED) is 0.232. The van der Waals surface area contributed by atoms with Crippen molar-refractivity contribution in [3.05, 3.63) is 107 Å². The smallest absolute Gasteiger partial charge is 0.0553 e. The molecule has 0 heterocycles. The number of benzene rings is 2. The molecule has 1 heteroatoms. The average molecular weight is 857 g/mol. The maximum Gasteiger partial charge on any atom is 0.0553 e. The van der Waals surface area contributed by atoms with Gasteiger partial charge in [0, 0.05) is 0 Å². The van der Waals surface area contributed by atoms with Crippen molar-refractivity contribution in [3.63, 3.8) is 0 Å². The fourth-order valence-electron chi connectivity index (χ4n) is 20.4. The SMILES string of the molecule is CC(C)(C)c1ccc(C2=CC=CC3C2CC(CC24CC5CC(CC(C5)C2)C4)C3[Si](C)(C)C2C(CC34CC5CC(CC(C5)C3)C4)C[C@H]3C(c4ccc(C(C)(C)C)cc4)=CC=CC23)cc1. The molecule has 63 heavy (non-hydrogen) atoms. The van der Waals surface area contributed by atoms with E-state index in [1.54, 1.807) is 101 Å². The van der Waals surface area contributed by atoms with Crippen LogP contribution < -0.4 is 0 Å². The van der Waals surface area contributed by atoms with Gasteiger partial charge >= 0.3 is 0 Å². The van der Waals surface area contributed by atoms with Crippen molar-refractivity contribution in [3.8, 4) is 0 Å². The monoisotopic (exact) mass is 857 g/mol. The van der Waals surface area contributed by atoms with Crippen LogP contribution in [0.15, 0.2) is 85.0 Å². The molecule has 0 radical (unpaired) electrons. The average Bonchev–Trinajstić information content (AvgIpc) is 3.77. The zero-order valence-electron chi connectivity index (χ0n) is 41.0. The Bertz CT molecular complexity index is 1960. The molecule has 14 rings (SSSR count). The molecule has 0 aromatic heterocycles. The van der Waals surface area contributed by atoms with E-state index in [0.717, 1.165) is 58.4 Å². The van der Waals surface area contributed by atoms with Gasteiger partial charge in [-0.15, -0.1) is 0 Å². The van der Waals surface area contributed by atoms with Crippen LogP contribution in [0.4, 0.5) is 0 Å². The molecule has 12 aliphatic carbocycles. The molecule has 0 spiro atoms. The molecule has 0 N–H and O–H groups in total. The highest BCUT2D eigenvalue weighted by molar-refractivity contribution is 6.80. The molecule has 10 saturated carbocycles. The van der Waals surface area contributed by atoms with Crippen molar-refractivity contribution in [2.45, 2.75) is 179 Å². The molecule has 7 unspecified atom stereocenters. The molecule has 0 aliphatic heterocycles. The highest BCUT2D eigenvalue weighted by Crippen LogP contribution is 2.71. The van der Waals surface area contributed by atoms with Crippen molar-refractivity contribution in [2.24, 2.45) is 81.8 Å². The van der Waals surface area contributed by atoms with Crippen molar-refractivity contribution in [2.75, 3.05) is 0 Å². The van der Waals surface area contributed by atoms with Gasteiger partial charge in [-0.2, -0.15) is 0 Å². The van der Waals surface area contributed by atoms with Crippen molar-refractivity contribution in [1.82, 2.24) is 0 Å². The minimum absolute atomic E-state index is 0.184. The van der Waals surface area contributed by atoms with Gasteiger partial charge in [-0.25, -0.2) is 0 Å². The molecule has 0 saturated heterocycles. The van der Waals surface area contributed by atoms with Crippen molar-refractivity contribution in [1.29, 1.82) is 0 Å². The van der Waals surface area contributed by atoms with Crippen LogP contribution in [0.3, 0.4) is 0 Å². The van der Waals surface area contributed by atoms with E-state index in [-0.39, 0.29) is 10.8 Å². The third kappa shape index (κ3) is 7.22. The maximum absolute atomic E-state index is 3.03. The first kappa shape index (κ1) is 42.0. The van der Waals surface area contributed by atoms with Crippen LogP contribution in [0.5, 0.6) is 0 Å². The summed E-state index contributed by atoms with van der Waals surface area (Å²) in [5.74, 6) is 10.7. The third-order valence-electron chi connectivity index (χ3n) is 21.5. The first-order valence-electron chi connectivity index (χ1n) is 27.0. The van der Waals surface area contributed by atoms with Crippen LogP contribution >= 0.6 is 0 Å². The minimum atomic E-state index is -1.94. The summed E-state index contributed by atoms with van der Waals surface area (Å²) in [6.45, 7) is 20.3. The lowest BCUT2D eigenvalue weighted by Crippen LogP contribution is -2.51. The Balaban J connectivity index is 0.930. The summed E-state index contributed by atoms with van der Waals surface area (Å²) in [4.78, 5) is 0. The molecule has 0 amide bonds. The predicted molar refractivity (Wildman–Crippen MR) is 270 cm³/mol. The minimum Gasteiger partial charge on any atom is -0.0808 e. The normalized spacial score (nSPS) is 43.3. The van der Waals surface area contributed by atoms with Gasteiger partial charge in [-0.3, -0.25) is 0 Å². The Kier molecular flexibility index (Phi) is 9.87. The van der Waals surface area contributed by atoms with Gasteiger partial charge in [0.25, 0.3) is 0 Å². The van der Waals surface area contributed by atoms with Gasteiger partial charge in [0.1, 0.15) is 0 Å². The molecule has 8 atom stereocenters. The van der Waals surface area contributed by atoms with Crippen LogP contribution in [0.25, 0.3) is 11.1 Å². The highest BCUT2D eigenvalue weighted by Gasteiger charge is 2.63. The van der Waals surface area contributed by atoms with E-state index in [4.69, 9.17) is 0 Å². The first-order chi connectivity index (χ1) is 30.0. The Morgan fingerprint density at radius 3 is 1.08 bits per heavy atom. The Morgan fingerprint density at radius 2 is 0.778 bits per heavy atom. The lowest BCUT2D eigenvalue weighted by atomic mass is 9.48. The fourth-order valence-corrected chi connectivity index (χ4v) is 26.4. The fraction of sp³-hybridized carbons (Fsp3) is 0.677. The maximum atomic E-state index is 3.03. The molecule has 10 fully saturated rings. The summed E-state index contributed by atoms with van der Waals surface area (Å²) in [6.07, 6.45) is 40.7. The van der Waals surface area contributed by atoms with Crippen molar-refractivity contribution >= 4 is 19.2 Å². The molecule has 2 aromatic rings. The van der Waals surface area contributed by atoms with Crippen LogP contribution in [0.1, 0.15) is 167 Å². The molecular formula is C62H84Si. The zero-order chi connectivity index (χ0) is 43.3. The largest absolute Gasteiger partial charge is 0.0808 e. The van der Waals surface area contributed by atoms with Crippen molar-refractivity contribution < 1.29 is 0 Å². The number of rotatable bonds is 8. The summed E-state index contributed by atoms with van der Waals surface area (Å²) in [7, 11) is -1.94. The summed E-state index contributed by atoms with van der Waals surface area (Å²) >= 11 is 0. The summed E-state index contributed by atoms with van der Waals surface area (Å²) in [5.41, 5.74) is 12.7. The Labute approximate surface area is 385 Å². The molecular weight excluding hydrogens is 773 g/mol. The second-order valence-corrected chi connectivity index (χ2v) is 33.1. The molecule has 8 bridgehead atoms. The number of fused-ring (bicyclic) bond motifs is 2. The van der Waals surface area contributed by atoms with E-state index in [1.807, 2.05) is 0 Å². The number of hydrogen-bond donors (Lipinski definition) is 0. The van der Waals surface area contributed by atoms with Gasteiger partial charge in [0.2, 0.25) is 0 Å². The van der Waals surface area contributed by atoms with Crippen LogP contribution in [-0.2, 0) is 10.8 Å². The lowest BCUT2D eigenvalue weighted by molar-refractivity contribution is -0.0659. The second-order valence-electron chi connectivity index (χ2n) is 28.1. The van der Waals surface area contributed by atoms with E-state index in [1.165, 1.54) is 35.1 Å². The van der Waals surface area contributed by atoms with Gasteiger partial charge in [0.15, 0.2) is 0 Å². The zero-order valence-corrected chi connectivity index (χ0v) is 42.0. The van der Waals surface area contributed by atoms with E-state index in [9.17, 15) is 0 Å². The third-order valence-corrected chi connectivity index (χ3v) is 26.7. The first-order valence-corrected chi connectivity index (χ1v) is 30.2. The molecule has 336 valence electrons. The van der Waals surface area contributed by atoms with Gasteiger partial charge in [-0.1, -0.05) is 140 Å². The summed E-state index contributed by atoms with van der Waals surface area (Å²) in [5, 5.41) is 0. The van der Waals surface area contributed by atoms with E-state index < -0.39 is 8.07 Å². The van der Waals surface area contributed by atoms with E-state index in [0.29, 0.717) is 34.5 Å². The summed E-state index contributed by atoms with van der Waals surface area (Å²) < 4.78 is 0. The Morgan fingerprint density at radius 1 is 0.460 bits per heavy atom. The second kappa shape index (κ2) is 14.8. The molecule has 2 aromatic carbocycles. The van der Waals surface area contributed by atoms with Crippen LogP contribution in [-0.4, -0.2) is 8.07 Å². The van der Waals surface area contributed by atoms with Gasteiger partial charge < -0.3 is 0 Å². The standard InChI is InChI=1S/C62H84Si/c1-59(2,3)49-19-15-45(16-20-49)51-11-9-13-53-55(51)29-47(37-61-31-39-23-40(32-61)25-41(24-39)33-61)57(53)63(7,8)58-48(38-62-34-42-26-43(35-62)28-44(27-42)36-62)30-56-52(12-10-14-54(56)58)46-17-21-50(22-18-46)60(4,5)6/h9-22,39-44,47-48,53-58H,23-38H2,1-8H3/t39?,40?,41?,42?,43?,44?,47?,48?,53?,54?,55-,56?,57?,58?,61?,62?/m0/s1. The Hall–Kier alpha value is -2.38. The lowest BCUT2D eigenvalue weighted by Gasteiger charge is -2.59.